The predicted molar refractivity (Wildman–Crippen MR) is 126 cm³/mol. The van der Waals surface area contributed by atoms with Gasteiger partial charge < -0.3 is 9.15 Å². The molecule has 7 nitrogen and oxygen atoms in total. The molecule has 0 atom stereocenters. The quantitative estimate of drug-likeness (QED) is 0.180. The monoisotopic (exact) mass is 486 g/mol. The van der Waals surface area contributed by atoms with Gasteiger partial charge in [0.1, 0.15) is 22.4 Å². The summed E-state index contributed by atoms with van der Waals surface area (Å²) in [5, 5.41) is 11.3. The molecule has 0 saturated carbocycles. The molecular formula is C22H15ClN2O5S2. The Morgan fingerprint density at radius 1 is 1.22 bits per heavy atom. The van der Waals surface area contributed by atoms with Crippen molar-refractivity contribution in [3.8, 4) is 5.75 Å². The van der Waals surface area contributed by atoms with Crippen molar-refractivity contribution in [2.45, 2.75) is 13.2 Å². The van der Waals surface area contributed by atoms with Gasteiger partial charge in [0, 0.05) is 12.1 Å². The first kappa shape index (κ1) is 22.1. The molecule has 0 N–H and O–H groups in total. The molecule has 0 radical (unpaired) electrons. The summed E-state index contributed by atoms with van der Waals surface area (Å²) in [5.41, 5.74) is 1.37. The molecular weight excluding hydrogens is 472 g/mol. The fourth-order valence-electron chi connectivity index (χ4n) is 2.99. The molecule has 1 amide bonds. The third-order valence-corrected chi connectivity index (χ3v) is 6.21. The maximum absolute atomic E-state index is 12.7. The molecule has 1 aliphatic rings. The van der Waals surface area contributed by atoms with Crippen LogP contribution < -0.4 is 4.74 Å². The van der Waals surface area contributed by atoms with E-state index in [0.29, 0.717) is 31.3 Å². The number of carbonyl (C=O) groups is 1. The van der Waals surface area contributed by atoms with Gasteiger partial charge in [0.25, 0.3) is 11.6 Å². The fourth-order valence-corrected chi connectivity index (χ4v) is 4.49. The maximum atomic E-state index is 12.7. The summed E-state index contributed by atoms with van der Waals surface area (Å²) >= 11 is 12.9. The van der Waals surface area contributed by atoms with Crippen molar-refractivity contribution in [1.82, 2.24) is 4.90 Å². The molecule has 1 saturated heterocycles. The highest BCUT2D eigenvalue weighted by Gasteiger charge is 2.32. The number of hydrogen-bond donors (Lipinski definition) is 0. The number of nitrogens with zero attached hydrogens (tertiary/aromatic N) is 2. The van der Waals surface area contributed by atoms with E-state index in [1.54, 1.807) is 54.8 Å². The highest BCUT2D eigenvalue weighted by atomic mass is 35.5. The van der Waals surface area contributed by atoms with E-state index in [4.69, 9.17) is 33.0 Å². The molecule has 10 heteroatoms. The van der Waals surface area contributed by atoms with E-state index in [0.717, 1.165) is 5.56 Å². The van der Waals surface area contributed by atoms with Crippen molar-refractivity contribution in [2.24, 2.45) is 0 Å². The van der Waals surface area contributed by atoms with Gasteiger partial charge in [-0.25, -0.2) is 0 Å². The van der Waals surface area contributed by atoms with E-state index in [2.05, 4.69) is 0 Å². The molecule has 1 aliphatic heterocycles. The van der Waals surface area contributed by atoms with Gasteiger partial charge in [0.05, 0.1) is 27.7 Å². The van der Waals surface area contributed by atoms with E-state index >= 15 is 0 Å². The zero-order valence-electron chi connectivity index (χ0n) is 16.4. The molecule has 2 aromatic carbocycles. The largest absolute Gasteiger partial charge is 0.487 e. The SMILES string of the molecule is O=C1C(=Cc2ccc(OCc3cccc([N+](=O)[O-])c3)c(Cl)c2)SC(=S)N1Cc1ccco1. The zero-order chi connectivity index (χ0) is 22.7. The summed E-state index contributed by atoms with van der Waals surface area (Å²) in [5.74, 6) is 0.884. The summed E-state index contributed by atoms with van der Waals surface area (Å²) in [4.78, 5) is 25.2. The average molecular weight is 487 g/mol. The number of thioether (sulfide) groups is 1. The third-order valence-electron chi connectivity index (χ3n) is 4.54. The minimum Gasteiger partial charge on any atom is -0.487 e. The Morgan fingerprint density at radius 3 is 2.78 bits per heavy atom. The number of amides is 1. The van der Waals surface area contributed by atoms with E-state index in [1.165, 1.54) is 28.8 Å². The van der Waals surface area contributed by atoms with Gasteiger partial charge in [-0.2, -0.15) is 0 Å². The highest BCUT2D eigenvalue weighted by Crippen LogP contribution is 2.35. The van der Waals surface area contributed by atoms with Crippen LogP contribution in [0.15, 0.2) is 70.2 Å². The van der Waals surface area contributed by atoms with Crippen LogP contribution in [-0.2, 0) is 17.9 Å². The van der Waals surface area contributed by atoms with Crippen LogP contribution in [0.5, 0.6) is 5.75 Å². The Hall–Kier alpha value is -3.14. The van der Waals surface area contributed by atoms with Gasteiger partial charge in [0.2, 0.25) is 0 Å². The number of nitro groups is 1. The molecule has 1 fully saturated rings. The number of carbonyl (C=O) groups excluding carboxylic acids is 1. The second kappa shape index (κ2) is 9.56. The van der Waals surface area contributed by atoms with Crippen LogP contribution in [0.25, 0.3) is 6.08 Å². The Balaban J connectivity index is 1.44. The van der Waals surface area contributed by atoms with Gasteiger partial charge in [0.15, 0.2) is 0 Å². The summed E-state index contributed by atoms with van der Waals surface area (Å²) in [6.07, 6.45) is 3.27. The number of rotatable bonds is 7. The molecule has 32 heavy (non-hydrogen) atoms. The fraction of sp³-hybridized carbons (Fsp3) is 0.0909. The van der Waals surface area contributed by atoms with Gasteiger partial charge in [-0.15, -0.1) is 0 Å². The molecule has 2 heterocycles. The van der Waals surface area contributed by atoms with Crippen molar-refractivity contribution in [3.05, 3.63) is 97.8 Å². The lowest BCUT2D eigenvalue weighted by Crippen LogP contribution is -2.27. The molecule has 1 aromatic heterocycles. The van der Waals surface area contributed by atoms with Crippen molar-refractivity contribution in [1.29, 1.82) is 0 Å². The summed E-state index contributed by atoms with van der Waals surface area (Å²) in [7, 11) is 0. The van der Waals surface area contributed by atoms with E-state index in [9.17, 15) is 14.9 Å². The van der Waals surface area contributed by atoms with E-state index in [1.807, 2.05) is 0 Å². The number of benzene rings is 2. The van der Waals surface area contributed by atoms with Crippen molar-refractivity contribution >= 4 is 57.6 Å². The van der Waals surface area contributed by atoms with Gasteiger partial charge in [-0.3, -0.25) is 19.8 Å². The minimum absolute atomic E-state index is 0.00286. The zero-order valence-corrected chi connectivity index (χ0v) is 18.8. The molecule has 0 aliphatic carbocycles. The molecule has 4 rings (SSSR count). The summed E-state index contributed by atoms with van der Waals surface area (Å²) in [6, 6.07) is 14.9. The minimum atomic E-state index is -0.456. The number of non-ortho nitro benzene ring substituents is 1. The van der Waals surface area contributed by atoms with Crippen molar-refractivity contribution < 1.29 is 18.9 Å². The van der Waals surface area contributed by atoms with Crippen LogP contribution >= 0.6 is 35.6 Å². The third kappa shape index (κ3) is 5.01. The molecule has 0 unspecified atom stereocenters. The first-order chi connectivity index (χ1) is 15.4. The molecule has 0 spiro atoms. The van der Waals surface area contributed by atoms with Crippen LogP contribution in [0.1, 0.15) is 16.9 Å². The van der Waals surface area contributed by atoms with Gasteiger partial charge in [-0.05, 0) is 41.5 Å². The standard InChI is InChI=1S/C22H15ClN2O5S2/c23-18-10-14(6-7-19(18)30-13-15-3-1-4-16(9-15)25(27)28)11-20-21(26)24(22(31)32-20)12-17-5-2-8-29-17/h1-11H,12-13H2. The molecule has 3 aromatic rings. The van der Waals surface area contributed by atoms with Crippen LogP contribution in [-0.4, -0.2) is 20.1 Å². The Kier molecular flexibility index (Phi) is 6.59. The average Bonchev–Trinajstić information content (AvgIpc) is 3.37. The normalized spacial score (nSPS) is 14.9. The number of furan rings is 1. The number of ether oxygens (including phenoxy) is 1. The highest BCUT2D eigenvalue weighted by molar-refractivity contribution is 8.26. The first-order valence-corrected chi connectivity index (χ1v) is 10.9. The second-order valence-corrected chi connectivity index (χ2v) is 8.84. The number of hydrogen-bond acceptors (Lipinski definition) is 7. The predicted octanol–water partition coefficient (Wildman–Crippen LogP) is 5.82. The van der Waals surface area contributed by atoms with E-state index < -0.39 is 4.92 Å². The lowest BCUT2D eigenvalue weighted by Gasteiger charge is -2.12. The second-order valence-electron chi connectivity index (χ2n) is 6.75. The topological polar surface area (TPSA) is 85.8 Å². The maximum Gasteiger partial charge on any atom is 0.269 e. The first-order valence-electron chi connectivity index (χ1n) is 9.34. The van der Waals surface area contributed by atoms with Gasteiger partial charge >= 0.3 is 0 Å². The molecule has 0 bridgehead atoms. The Bertz CT molecular complexity index is 1230. The van der Waals surface area contributed by atoms with E-state index in [-0.39, 0.29) is 24.7 Å². The Labute approximate surface area is 197 Å². The number of thiocarbonyl (C=S) groups is 1. The lowest BCUT2D eigenvalue weighted by atomic mass is 10.2. The van der Waals surface area contributed by atoms with Crippen LogP contribution in [0, 0.1) is 10.1 Å². The smallest absolute Gasteiger partial charge is 0.269 e. The van der Waals surface area contributed by atoms with Crippen molar-refractivity contribution in [3.63, 3.8) is 0 Å². The Morgan fingerprint density at radius 2 is 2.06 bits per heavy atom. The van der Waals surface area contributed by atoms with Gasteiger partial charge in [-0.1, -0.05) is 53.8 Å². The van der Waals surface area contributed by atoms with Crippen LogP contribution in [0.3, 0.4) is 0 Å². The summed E-state index contributed by atoms with van der Waals surface area (Å²) in [6.45, 7) is 0.409. The summed E-state index contributed by atoms with van der Waals surface area (Å²) < 4.78 is 11.5. The van der Waals surface area contributed by atoms with Crippen molar-refractivity contribution in [2.75, 3.05) is 0 Å². The number of nitro benzene ring substituents is 1. The lowest BCUT2D eigenvalue weighted by molar-refractivity contribution is -0.384. The van der Waals surface area contributed by atoms with Crippen LogP contribution in [0.2, 0.25) is 5.02 Å². The van der Waals surface area contributed by atoms with Crippen LogP contribution in [0.4, 0.5) is 5.69 Å². The number of halogens is 1. The molecule has 162 valence electrons.